The lowest BCUT2D eigenvalue weighted by atomic mass is 10.0. The number of carbonyl (C=O) groups is 1. The molecule has 2 aliphatic heterocycles. The van der Waals surface area contributed by atoms with Crippen LogP contribution in [0.3, 0.4) is 0 Å². The van der Waals surface area contributed by atoms with E-state index >= 15 is 0 Å². The zero-order chi connectivity index (χ0) is 12.7. The SMILES string of the molecule is Cc1c(C(=O)N2CCCCC2C)nn2c1OCC2. The van der Waals surface area contributed by atoms with Crippen molar-refractivity contribution in [1.82, 2.24) is 14.7 Å². The third-order valence-electron chi connectivity index (χ3n) is 3.94. The number of nitrogens with zero attached hydrogens (tertiary/aromatic N) is 3. The number of fused-ring (bicyclic) bond motifs is 1. The maximum atomic E-state index is 12.5. The van der Waals surface area contributed by atoms with Crippen LogP contribution in [-0.4, -0.2) is 39.8 Å². The summed E-state index contributed by atoms with van der Waals surface area (Å²) in [5.74, 6) is 0.827. The van der Waals surface area contributed by atoms with Crippen molar-refractivity contribution in [2.75, 3.05) is 13.2 Å². The number of likely N-dealkylation sites (tertiary alicyclic amines) is 1. The van der Waals surface area contributed by atoms with E-state index in [9.17, 15) is 4.79 Å². The molecule has 1 unspecified atom stereocenters. The number of ether oxygens (including phenoxy) is 1. The lowest BCUT2D eigenvalue weighted by Crippen LogP contribution is -2.42. The summed E-state index contributed by atoms with van der Waals surface area (Å²) in [7, 11) is 0. The smallest absolute Gasteiger partial charge is 0.275 e. The van der Waals surface area contributed by atoms with Crippen LogP contribution in [0.5, 0.6) is 5.88 Å². The average molecular weight is 249 g/mol. The minimum Gasteiger partial charge on any atom is -0.476 e. The van der Waals surface area contributed by atoms with Crippen LogP contribution in [0.2, 0.25) is 0 Å². The third-order valence-corrected chi connectivity index (χ3v) is 3.94. The lowest BCUT2D eigenvalue weighted by Gasteiger charge is -2.33. The maximum Gasteiger partial charge on any atom is 0.275 e. The van der Waals surface area contributed by atoms with Crippen LogP contribution in [0, 0.1) is 6.92 Å². The molecular weight excluding hydrogens is 230 g/mol. The third kappa shape index (κ3) is 1.69. The maximum absolute atomic E-state index is 12.5. The highest BCUT2D eigenvalue weighted by Gasteiger charge is 2.30. The number of amides is 1. The second-order valence-electron chi connectivity index (χ2n) is 5.19. The Kier molecular flexibility index (Phi) is 2.76. The van der Waals surface area contributed by atoms with Crippen molar-refractivity contribution in [2.45, 2.75) is 45.7 Å². The van der Waals surface area contributed by atoms with Crippen molar-refractivity contribution in [3.8, 4) is 5.88 Å². The molecule has 0 aromatic carbocycles. The van der Waals surface area contributed by atoms with Gasteiger partial charge in [-0.2, -0.15) is 5.10 Å². The molecule has 1 amide bonds. The Hall–Kier alpha value is -1.52. The minimum atomic E-state index is 0.0604. The molecule has 0 N–H and O–H groups in total. The number of aromatic nitrogens is 2. The van der Waals surface area contributed by atoms with Gasteiger partial charge in [-0.05, 0) is 33.1 Å². The molecule has 2 aliphatic rings. The first-order valence-electron chi connectivity index (χ1n) is 6.69. The van der Waals surface area contributed by atoms with Crippen molar-refractivity contribution >= 4 is 5.91 Å². The molecule has 3 rings (SSSR count). The first-order chi connectivity index (χ1) is 8.68. The first kappa shape index (κ1) is 11.6. The molecule has 1 aromatic rings. The van der Waals surface area contributed by atoms with Gasteiger partial charge in [0.05, 0.1) is 6.54 Å². The van der Waals surface area contributed by atoms with E-state index in [2.05, 4.69) is 12.0 Å². The fourth-order valence-electron chi connectivity index (χ4n) is 2.84. The quantitative estimate of drug-likeness (QED) is 0.759. The standard InChI is InChI=1S/C13H19N3O2/c1-9-5-3-4-6-15(9)12(17)11-10(2)13-16(14-11)7-8-18-13/h9H,3-8H2,1-2H3. The van der Waals surface area contributed by atoms with E-state index in [1.165, 1.54) is 6.42 Å². The Labute approximate surface area is 107 Å². The van der Waals surface area contributed by atoms with Gasteiger partial charge in [-0.25, -0.2) is 4.68 Å². The van der Waals surface area contributed by atoms with Crippen molar-refractivity contribution in [1.29, 1.82) is 0 Å². The van der Waals surface area contributed by atoms with Gasteiger partial charge in [0.15, 0.2) is 5.69 Å². The average Bonchev–Trinajstić information content (AvgIpc) is 2.93. The van der Waals surface area contributed by atoms with Crippen LogP contribution in [-0.2, 0) is 6.54 Å². The molecule has 98 valence electrons. The van der Waals surface area contributed by atoms with Gasteiger partial charge in [0.2, 0.25) is 5.88 Å². The topological polar surface area (TPSA) is 47.4 Å². The van der Waals surface area contributed by atoms with E-state index < -0.39 is 0 Å². The molecule has 5 nitrogen and oxygen atoms in total. The molecule has 1 saturated heterocycles. The molecule has 0 spiro atoms. The van der Waals surface area contributed by atoms with Gasteiger partial charge in [0.1, 0.15) is 6.61 Å². The summed E-state index contributed by atoms with van der Waals surface area (Å²) >= 11 is 0. The molecule has 0 aliphatic carbocycles. The van der Waals surface area contributed by atoms with Gasteiger partial charge in [-0.15, -0.1) is 0 Å². The van der Waals surface area contributed by atoms with Crippen LogP contribution >= 0.6 is 0 Å². The molecular formula is C13H19N3O2. The second kappa shape index (κ2) is 4.30. The normalized spacial score (nSPS) is 22.8. The summed E-state index contributed by atoms with van der Waals surface area (Å²) in [4.78, 5) is 14.5. The summed E-state index contributed by atoms with van der Waals surface area (Å²) in [6.45, 7) is 6.30. The van der Waals surface area contributed by atoms with Crippen LogP contribution in [0.25, 0.3) is 0 Å². The molecule has 1 aromatic heterocycles. The predicted molar refractivity (Wildman–Crippen MR) is 66.8 cm³/mol. The summed E-state index contributed by atoms with van der Waals surface area (Å²) in [6, 6.07) is 0.322. The van der Waals surface area contributed by atoms with E-state index in [0.29, 0.717) is 18.3 Å². The highest BCUT2D eigenvalue weighted by Crippen LogP contribution is 2.27. The molecule has 18 heavy (non-hydrogen) atoms. The minimum absolute atomic E-state index is 0.0604. The zero-order valence-electron chi connectivity index (χ0n) is 11.0. The van der Waals surface area contributed by atoms with Crippen molar-refractivity contribution in [3.63, 3.8) is 0 Å². The fraction of sp³-hybridized carbons (Fsp3) is 0.692. The predicted octanol–water partition coefficient (Wildman–Crippen LogP) is 1.60. The highest BCUT2D eigenvalue weighted by molar-refractivity contribution is 5.94. The zero-order valence-corrected chi connectivity index (χ0v) is 11.0. The molecule has 0 bridgehead atoms. The number of rotatable bonds is 1. The van der Waals surface area contributed by atoms with Gasteiger partial charge >= 0.3 is 0 Å². The molecule has 3 heterocycles. The van der Waals surface area contributed by atoms with Gasteiger partial charge in [-0.3, -0.25) is 4.79 Å². The van der Waals surface area contributed by atoms with E-state index in [0.717, 1.165) is 37.4 Å². The van der Waals surface area contributed by atoms with Crippen LogP contribution in [0.1, 0.15) is 42.2 Å². The van der Waals surface area contributed by atoms with Gasteiger partial charge in [0, 0.05) is 18.2 Å². The van der Waals surface area contributed by atoms with Gasteiger partial charge < -0.3 is 9.64 Å². The van der Waals surface area contributed by atoms with Gasteiger partial charge in [0.25, 0.3) is 5.91 Å². The fourth-order valence-corrected chi connectivity index (χ4v) is 2.84. The molecule has 1 atom stereocenters. The monoisotopic (exact) mass is 249 g/mol. The van der Waals surface area contributed by atoms with Crippen LogP contribution in [0.4, 0.5) is 0 Å². The summed E-state index contributed by atoms with van der Waals surface area (Å²) in [6.07, 6.45) is 3.40. The Bertz CT molecular complexity index is 481. The Morgan fingerprint density at radius 1 is 1.39 bits per heavy atom. The highest BCUT2D eigenvalue weighted by atomic mass is 16.5. The van der Waals surface area contributed by atoms with Crippen molar-refractivity contribution in [2.24, 2.45) is 0 Å². The largest absolute Gasteiger partial charge is 0.476 e. The number of carbonyl (C=O) groups excluding carboxylic acids is 1. The van der Waals surface area contributed by atoms with E-state index in [1.807, 2.05) is 11.8 Å². The molecule has 0 saturated carbocycles. The second-order valence-corrected chi connectivity index (χ2v) is 5.19. The van der Waals surface area contributed by atoms with E-state index in [1.54, 1.807) is 4.68 Å². The summed E-state index contributed by atoms with van der Waals surface area (Å²) < 4.78 is 7.31. The van der Waals surface area contributed by atoms with Gasteiger partial charge in [-0.1, -0.05) is 0 Å². The van der Waals surface area contributed by atoms with E-state index in [4.69, 9.17) is 4.74 Å². The summed E-state index contributed by atoms with van der Waals surface area (Å²) in [5, 5.41) is 4.40. The Balaban J connectivity index is 1.88. The van der Waals surface area contributed by atoms with Crippen LogP contribution in [0.15, 0.2) is 0 Å². The Morgan fingerprint density at radius 2 is 2.22 bits per heavy atom. The Morgan fingerprint density at radius 3 is 2.94 bits per heavy atom. The molecule has 0 radical (unpaired) electrons. The lowest BCUT2D eigenvalue weighted by molar-refractivity contribution is 0.0627. The van der Waals surface area contributed by atoms with Crippen molar-refractivity contribution in [3.05, 3.63) is 11.3 Å². The van der Waals surface area contributed by atoms with E-state index in [-0.39, 0.29) is 5.91 Å². The first-order valence-corrected chi connectivity index (χ1v) is 6.69. The van der Waals surface area contributed by atoms with Crippen molar-refractivity contribution < 1.29 is 9.53 Å². The molecule has 1 fully saturated rings. The molecule has 5 heteroatoms. The number of hydrogen-bond donors (Lipinski definition) is 0. The number of hydrogen-bond acceptors (Lipinski definition) is 3. The number of piperidine rings is 1. The van der Waals surface area contributed by atoms with Crippen LogP contribution < -0.4 is 4.74 Å². The summed E-state index contributed by atoms with van der Waals surface area (Å²) in [5.41, 5.74) is 1.45.